The number of carbonyl (C=O) groups is 1. The summed E-state index contributed by atoms with van der Waals surface area (Å²) in [5.41, 5.74) is -2.97. The molecule has 0 aromatic heterocycles. The third-order valence-corrected chi connectivity index (χ3v) is 6.53. The lowest BCUT2D eigenvalue weighted by Gasteiger charge is -2.63. The zero-order valence-electron chi connectivity index (χ0n) is 19.7. The number of rotatable bonds is 1. The molecular formula is C25H33NO5. The SMILES string of the molecule is CC(C)(C)OC(=O)N1CC(C)(C)[C@@]2(C(C)(C)C)OO[C@@]12c1cc(O)cc2ccccc12. The Morgan fingerprint density at radius 1 is 1.06 bits per heavy atom. The Bertz CT molecular complexity index is 1050. The van der Waals surface area contributed by atoms with Crippen molar-refractivity contribution >= 4 is 16.9 Å². The molecule has 1 amide bonds. The van der Waals surface area contributed by atoms with Crippen LogP contribution in [0.15, 0.2) is 36.4 Å². The number of nitrogens with zero attached hydrogens (tertiary/aromatic N) is 1. The number of phenolic OH excluding ortho intramolecular Hbond substituents is 1. The van der Waals surface area contributed by atoms with Gasteiger partial charge in [0.25, 0.3) is 0 Å². The molecule has 2 heterocycles. The fourth-order valence-electron chi connectivity index (χ4n) is 5.74. The normalized spacial score (nSPS) is 27.7. The molecule has 1 N–H and O–H groups in total. The molecule has 2 saturated heterocycles. The summed E-state index contributed by atoms with van der Waals surface area (Å²) in [4.78, 5) is 27.2. The van der Waals surface area contributed by atoms with Crippen LogP contribution in [0.1, 0.15) is 61.0 Å². The number of fused-ring (bicyclic) bond motifs is 2. The zero-order valence-corrected chi connectivity index (χ0v) is 19.7. The van der Waals surface area contributed by atoms with E-state index in [2.05, 4.69) is 34.6 Å². The molecule has 2 aliphatic rings. The van der Waals surface area contributed by atoms with Crippen molar-refractivity contribution in [1.29, 1.82) is 0 Å². The maximum absolute atomic E-state index is 13.5. The molecule has 31 heavy (non-hydrogen) atoms. The van der Waals surface area contributed by atoms with E-state index in [1.54, 1.807) is 17.0 Å². The molecule has 2 atom stereocenters. The quantitative estimate of drug-likeness (QED) is 0.589. The first-order chi connectivity index (χ1) is 14.2. The highest BCUT2D eigenvalue weighted by Crippen LogP contribution is 2.71. The molecule has 2 aliphatic heterocycles. The van der Waals surface area contributed by atoms with E-state index < -0.39 is 33.9 Å². The summed E-state index contributed by atoms with van der Waals surface area (Å²) in [6, 6.07) is 11.2. The second kappa shape index (κ2) is 6.36. The van der Waals surface area contributed by atoms with Crippen LogP contribution in [-0.2, 0) is 20.2 Å². The van der Waals surface area contributed by atoms with E-state index in [1.807, 2.05) is 45.0 Å². The van der Waals surface area contributed by atoms with Gasteiger partial charge in [0.05, 0.1) is 0 Å². The average Bonchev–Trinajstić information content (AvgIpc) is 2.71. The third-order valence-electron chi connectivity index (χ3n) is 6.53. The zero-order chi connectivity index (χ0) is 23.0. The van der Waals surface area contributed by atoms with E-state index in [-0.39, 0.29) is 5.75 Å². The highest BCUT2D eigenvalue weighted by Gasteiger charge is 2.84. The van der Waals surface area contributed by atoms with Crippen LogP contribution in [0.4, 0.5) is 4.79 Å². The summed E-state index contributed by atoms with van der Waals surface area (Å²) < 4.78 is 5.80. The van der Waals surface area contributed by atoms with Crippen molar-refractivity contribution in [3.05, 3.63) is 42.0 Å². The van der Waals surface area contributed by atoms with E-state index in [1.165, 1.54) is 0 Å². The molecule has 0 radical (unpaired) electrons. The summed E-state index contributed by atoms with van der Waals surface area (Å²) in [6.07, 6.45) is -0.470. The van der Waals surface area contributed by atoms with Gasteiger partial charge in [0.15, 0.2) is 5.60 Å². The minimum absolute atomic E-state index is 0.107. The number of phenols is 1. The first kappa shape index (κ1) is 21.9. The van der Waals surface area contributed by atoms with Crippen LogP contribution in [0.2, 0.25) is 0 Å². The Kier molecular flexibility index (Phi) is 4.49. The smallest absolute Gasteiger partial charge is 0.413 e. The van der Waals surface area contributed by atoms with Crippen molar-refractivity contribution in [3.63, 3.8) is 0 Å². The molecule has 4 rings (SSSR count). The van der Waals surface area contributed by atoms with Crippen molar-refractivity contribution in [2.45, 2.75) is 72.3 Å². The van der Waals surface area contributed by atoms with Gasteiger partial charge in [0.1, 0.15) is 11.4 Å². The van der Waals surface area contributed by atoms with Crippen LogP contribution in [0, 0.1) is 10.8 Å². The maximum Gasteiger partial charge on any atom is 0.413 e. The van der Waals surface area contributed by atoms with Gasteiger partial charge in [-0.25, -0.2) is 9.68 Å². The van der Waals surface area contributed by atoms with Crippen molar-refractivity contribution in [3.8, 4) is 5.75 Å². The second-order valence-electron chi connectivity index (χ2n) is 11.4. The lowest BCUT2D eigenvalue weighted by atomic mass is 9.57. The molecule has 2 aromatic carbocycles. The van der Waals surface area contributed by atoms with Crippen molar-refractivity contribution in [2.24, 2.45) is 10.8 Å². The van der Waals surface area contributed by atoms with Crippen LogP contribution >= 0.6 is 0 Å². The highest BCUT2D eigenvalue weighted by atomic mass is 17.3. The van der Waals surface area contributed by atoms with Crippen LogP contribution in [-0.4, -0.2) is 33.8 Å². The molecular weight excluding hydrogens is 394 g/mol. The lowest BCUT2D eigenvalue weighted by molar-refractivity contribution is -0.603. The summed E-state index contributed by atoms with van der Waals surface area (Å²) in [5, 5.41) is 12.3. The lowest BCUT2D eigenvalue weighted by Crippen LogP contribution is -2.75. The van der Waals surface area contributed by atoms with Gasteiger partial charge < -0.3 is 9.84 Å². The molecule has 0 saturated carbocycles. The molecule has 6 heteroatoms. The molecule has 6 nitrogen and oxygen atoms in total. The van der Waals surface area contributed by atoms with E-state index in [9.17, 15) is 9.90 Å². The maximum atomic E-state index is 13.5. The van der Waals surface area contributed by atoms with Crippen LogP contribution in [0.25, 0.3) is 10.8 Å². The Balaban J connectivity index is 2.04. The molecule has 2 fully saturated rings. The van der Waals surface area contributed by atoms with Gasteiger partial charge in [-0.15, -0.1) is 0 Å². The summed E-state index contributed by atoms with van der Waals surface area (Å²) in [5.74, 6) is 0.107. The van der Waals surface area contributed by atoms with Crippen molar-refractivity contribution in [2.75, 3.05) is 6.54 Å². The fraction of sp³-hybridized carbons (Fsp3) is 0.560. The van der Waals surface area contributed by atoms with E-state index >= 15 is 0 Å². The Hall–Kier alpha value is -2.31. The molecule has 0 aliphatic carbocycles. The van der Waals surface area contributed by atoms with E-state index in [4.69, 9.17) is 14.5 Å². The van der Waals surface area contributed by atoms with Crippen LogP contribution in [0.5, 0.6) is 5.75 Å². The van der Waals surface area contributed by atoms with Gasteiger partial charge in [0.2, 0.25) is 5.72 Å². The number of aromatic hydroxyl groups is 1. The highest BCUT2D eigenvalue weighted by molar-refractivity contribution is 5.89. The number of likely N-dealkylation sites (tertiary alicyclic amines) is 1. The van der Waals surface area contributed by atoms with Gasteiger partial charge in [0, 0.05) is 22.9 Å². The number of hydrogen-bond acceptors (Lipinski definition) is 5. The number of hydrogen-bond donors (Lipinski definition) is 1. The summed E-state index contributed by atoms with van der Waals surface area (Å²) in [6.45, 7) is 16.4. The van der Waals surface area contributed by atoms with Crippen LogP contribution in [0.3, 0.4) is 0 Å². The second-order valence-corrected chi connectivity index (χ2v) is 11.4. The number of ether oxygens (including phenoxy) is 1. The summed E-state index contributed by atoms with van der Waals surface area (Å²) in [7, 11) is 0. The molecule has 0 bridgehead atoms. The van der Waals surface area contributed by atoms with Gasteiger partial charge in [-0.1, -0.05) is 58.9 Å². The molecule has 168 valence electrons. The van der Waals surface area contributed by atoms with Gasteiger partial charge in [-0.3, -0.25) is 4.90 Å². The predicted octanol–water partition coefficient (Wildman–Crippen LogP) is 5.72. The summed E-state index contributed by atoms with van der Waals surface area (Å²) >= 11 is 0. The minimum atomic E-state index is -1.25. The predicted molar refractivity (Wildman–Crippen MR) is 118 cm³/mol. The number of amides is 1. The molecule has 2 aromatic rings. The third kappa shape index (κ3) is 2.81. The van der Waals surface area contributed by atoms with E-state index in [0.29, 0.717) is 12.1 Å². The van der Waals surface area contributed by atoms with Crippen LogP contribution < -0.4 is 0 Å². The van der Waals surface area contributed by atoms with Crippen molar-refractivity contribution < 1.29 is 24.4 Å². The Morgan fingerprint density at radius 3 is 2.26 bits per heavy atom. The number of carbonyl (C=O) groups excluding carboxylic acids is 1. The van der Waals surface area contributed by atoms with Gasteiger partial charge in [-0.2, -0.15) is 4.89 Å². The largest absolute Gasteiger partial charge is 0.508 e. The van der Waals surface area contributed by atoms with Gasteiger partial charge in [-0.05, 0) is 43.7 Å². The number of benzene rings is 2. The van der Waals surface area contributed by atoms with E-state index in [0.717, 1.165) is 10.8 Å². The molecule has 0 unspecified atom stereocenters. The first-order valence-electron chi connectivity index (χ1n) is 10.8. The standard InChI is InChI=1S/C25H33NO5/c1-21(2,3)25-23(7,8)15-26(20(28)29-22(4,5)6)24(25,30-31-25)19-14-17(27)13-16-11-9-10-12-18(16)19/h9-14,27H,15H2,1-8H3/t24-,25-/m1/s1. The first-order valence-corrected chi connectivity index (χ1v) is 10.8. The van der Waals surface area contributed by atoms with Gasteiger partial charge >= 0.3 is 6.09 Å². The average molecular weight is 428 g/mol. The Labute approximate surface area is 184 Å². The Morgan fingerprint density at radius 2 is 1.71 bits per heavy atom. The minimum Gasteiger partial charge on any atom is -0.508 e. The molecule has 0 spiro atoms. The monoisotopic (exact) mass is 427 g/mol. The fourth-order valence-corrected chi connectivity index (χ4v) is 5.74. The topological polar surface area (TPSA) is 68.2 Å². The van der Waals surface area contributed by atoms with Crippen molar-refractivity contribution in [1.82, 2.24) is 4.90 Å².